The Morgan fingerprint density at radius 1 is 1.40 bits per heavy atom. The van der Waals surface area contributed by atoms with Gasteiger partial charge in [-0.15, -0.1) is 22.7 Å². The molecular weight excluding hydrogens is 362 g/mol. The molecule has 0 unspecified atom stereocenters. The van der Waals surface area contributed by atoms with E-state index in [2.05, 4.69) is 15.5 Å². The highest BCUT2D eigenvalue weighted by Crippen LogP contribution is 2.27. The quantitative estimate of drug-likeness (QED) is 0.663. The first-order valence-corrected chi connectivity index (χ1v) is 9.19. The summed E-state index contributed by atoms with van der Waals surface area (Å²) in [5, 5.41) is 10.8. The van der Waals surface area contributed by atoms with Gasteiger partial charge in [-0.25, -0.2) is 4.98 Å². The molecule has 3 heterocycles. The lowest BCUT2D eigenvalue weighted by Gasteiger charge is -2.11. The number of aryl methyl sites for hydroxylation is 1. The number of nitrogens with one attached hydrogen (secondary N) is 1. The fraction of sp³-hybridized carbons (Fsp3) is 0.250. The van der Waals surface area contributed by atoms with Crippen LogP contribution < -0.4 is 5.32 Å². The average molecular weight is 377 g/mol. The first-order chi connectivity index (χ1) is 12.0. The second-order valence-corrected chi connectivity index (χ2v) is 7.06. The topological polar surface area (TPSA) is 94.3 Å². The summed E-state index contributed by atoms with van der Waals surface area (Å²) in [5.41, 5.74) is 1.27. The number of carbonyl (C=O) groups excluding carboxylic acids is 2. The van der Waals surface area contributed by atoms with Gasteiger partial charge in [-0.2, -0.15) is 0 Å². The van der Waals surface area contributed by atoms with Gasteiger partial charge < -0.3 is 9.26 Å². The van der Waals surface area contributed by atoms with Gasteiger partial charge in [-0.1, -0.05) is 11.2 Å². The minimum absolute atomic E-state index is 0.0148. The molecule has 25 heavy (non-hydrogen) atoms. The Hall–Kier alpha value is -2.52. The Bertz CT molecular complexity index is 870. The summed E-state index contributed by atoms with van der Waals surface area (Å²) >= 11 is 3.06. The van der Waals surface area contributed by atoms with Crippen LogP contribution in [0.3, 0.4) is 0 Å². The van der Waals surface area contributed by atoms with E-state index < -0.39 is 18.0 Å². The fourth-order valence-corrected chi connectivity index (χ4v) is 3.62. The minimum Gasteiger partial charge on any atom is -0.452 e. The van der Waals surface area contributed by atoms with E-state index in [0.29, 0.717) is 11.4 Å². The predicted octanol–water partition coefficient (Wildman–Crippen LogP) is 3.28. The maximum absolute atomic E-state index is 12.0. The lowest BCUT2D eigenvalue weighted by molar-refractivity contribution is -0.152. The van der Waals surface area contributed by atoms with E-state index >= 15 is 0 Å². The van der Waals surface area contributed by atoms with Gasteiger partial charge in [0, 0.05) is 11.4 Å². The fourth-order valence-electron chi connectivity index (χ4n) is 1.99. The van der Waals surface area contributed by atoms with Crippen LogP contribution in [-0.2, 0) is 20.7 Å². The molecular formula is C16H15N3O4S2. The third kappa shape index (κ3) is 4.52. The standard InChI is InChI=1S/C16H15N3O4S2/c1-9-6-13(23-19-9)18-15(21)10(2)22-14(20)7-11-8-25-16(17-11)12-4-3-5-24-12/h3-6,8,10H,7H2,1-2H3,(H,18,21)/t10-/m1/s1. The largest absolute Gasteiger partial charge is 0.452 e. The van der Waals surface area contributed by atoms with Crippen LogP contribution in [0.5, 0.6) is 0 Å². The van der Waals surface area contributed by atoms with Crippen molar-refractivity contribution in [3.8, 4) is 9.88 Å². The molecule has 0 aliphatic carbocycles. The molecule has 0 saturated carbocycles. The molecule has 0 saturated heterocycles. The molecule has 0 aliphatic rings. The van der Waals surface area contributed by atoms with Crippen molar-refractivity contribution in [3.05, 3.63) is 40.3 Å². The molecule has 7 nitrogen and oxygen atoms in total. The second kappa shape index (κ2) is 7.58. The lowest BCUT2D eigenvalue weighted by atomic mass is 10.3. The van der Waals surface area contributed by atoms with Crippen LogP contribution in [0, 0.1) is 6.92 Å². The van der Waals surface area contributed by atoms with Gasteiger partial charge in [0.1, 0.15) is 5.01 Å². The van der Waals surface area contributed by atoms with Crippen molar-refractivity contribution in [2.75, 3.05) is 5.32 Å². The third-order valence-corrected chi connectivity index (χ3v) is 5.09. The normalized spacial score (nSPS) is 11.9. The van der Waals surface area contributed by atoms with E-state index in [1.807, 2.05) is 22.9 Å². The van der Waals surface area contributed by atoms with Crippen LogP contribution in [0.4, 0.5) is 5.88 Å². The van der Waals surface area contributed by atoms with Crippen molar-refractivity contribution in [3.63, 3.8) is 0 Å². The number of ether oxygens (including phenoxy) is 1. The van der Waals surface area contributed by atoms with Gasteiger partial charge >= 0.3 is 5.97 Å². The molecule has 0 spiro atoms. The summed E-state index contributed by atoms with van der Waals surface area (Å²) in [5.74, 6) is -0.785. The molecule has 9 heteroatoms. The Balaban J connectivity index is 1.52. The molecule has 0 bridgehead atoms. The Kier molecular flexibility index (Phi) is 5.25. The highest BCUT2D eigenvalue weighted by Gasteiger charge is 2.20. The number of thiazole rings is 1. The van der Waals surface area contributed by atoms with Crippen LogP contribution in [0.15, 0.2) is 33.5 Å². The van der Waals surface area contributed by atoms with E-state index in [1.54, 1.807) is 24.3 Å². The molecule has 0 radical (unpaired) electrons. The van der Waals surface area contributed by atoms with Gasteiger partial charge in [-0.05, 0) is 25.3 Å². The average Bonchev–Trinajstić information content (AvgIpc) is 3.28. The van der Waals surface area contributed by atoms with Crippen molar-refractivity contribution >= 4 is 40.4 Å². The van der Waals surface area contributed by atoms with Gasteiger partial charge in [0.05, 0.1) is 22.7 Å². The zero-order valence-corrected chi connectivity index (χ0v) is 15.1. The van der Waals surface area contributed by atoms with Crippen LogP contribution in [0.2, 0.25) is 0 Å². The highest BCUT2D eigenvalue weighted by molar-refractivity contribution is 7.20. The Morgan fingerprint density at radius 2 is 2.24 bits per heavy atom. The highest BCUT2D eigenvalue weighted by atomic mass is 32.1. The van der Waals surface area contributed by atoms with Gasteiger partial charge in [-0.3, -0.25) is 14.9 Å². The van der Waals surface area contributed by atoms with Crippen molar-refractivity contribution in [2.24, 2.45) is 0 Å². The molecule has 0 aromatic carbocycles. The molecule has 0 aliphatic heterocycles. The van der Waals surface area contributed by atoms with Gasteiger partial charge in [0.15, 0.2) is 6.10 Å². The van der Waals surface area contributed by atoms with Crippen LogP contribution in [-0.4, -0.2) is 28.1 Å². The molecule has 3 rings (SSSR count). The number of aromatic nitrogens is 2. The zero-order chi connectivity index (χ0) is 17.8. The molecule has 3 aromatic heterocycles. The first kappa shape index (κ1) is 17.3. The summed E-state index contributed by atoms with van der Waals surface area (Å²) in [6.07, 6.45) is -0.936. The number of carbonyl (C=O) groups is 2. The van der Waals surface area contributed by atoms with Crippen LogP contribution in [0.1, 0.15) is 18.3 Å². The monoisotopic (exact) mass is 377 g/mol. The Labute approximate surface area is 151 Å². The summed E-state index contributed by atoms with van der Waals surface area (Å²) in [4.78, 5) is 29.5. The van der Waals surface area contributed by atoms with Gasteiger partial charge in [0.25, 0.3) is 5.91 Å². The SMILES string of the molecule is Cc1cc(NC(=O)[C@@H](C)OC(=O)Cc2csc(-c3cccs3)n2)on1. The summed E-state index contributed by atoms with van der Waals surface area (Å²) in [6, 6.07) is 5.50. The lowest BCUT2D eigenvalue weighted by Crippen LogP contribution is -2.30. The van der Waals surface area contributed by atoms with Gasteiger partial charge in [0.2, 0.25) is 5.88 Å². The smallest absolute Gasteiger partial charge is 0.312 e. The number of rotatable bonds is 6. The number of hydrogen-bond acceptors (Lipinski definition) is 8. The number of esters is 1. The zero-order valence-electron chi connectivity index (χ0n) is 13.5. The number of anilines is 1. The molecule has 0 fully saturated rings. The molecule has 130 valence electrons. The van der Waals surface area contributed by atoms with E-state index in [1.165, 1.54) is 18.3 Å². The predicted molar refractivity (Wildman–Crippen MR) is 94.6 cm³/mol. The number of amides is 1. The number of nitrogens with zero attached hydrogens (tertiary/aromatic N) is 2. The number of hydrogen-bond donors (Lipinski definition) is 1. The first-order valence-electron chi connectivity index (χ1n) is 7.43. The van der Waals surface area contributed by atoms with Crippen molar-refractivity contribution in [2.45, 2.75) is 26.4 Å². The molecule has 1 amide bonds. The minimum atomic E-state index is -0.951. The van der Waals surface area contributed by atoms with E-state index in [-0.39, 0.29) is 12.3 Å². The third-order valence-electron chi connectivity index (χ3n) is 3.16. The van der Waals surface area contributed by atoms with E-state index in [4.69, 9.17) is 9.26 Å². The van der Waals surface area contributed by atoms with Crippen LogP contribution >= 0.6 is 22.7 Å². The van der Waals surface area contributed by atoms with Crippen molar-refractivity contribution in [1.29, 1.82) is 0 Å². The summed E-state index contributed by atoms with van der Waals surface area (Å²) in [6.45, 7) is 3.23. The molecule has 1 atom stereocenters. The maximum Gasteiger partial charge on any atom is 0.312 e. The molecule has 1 N–H and O–H groups in total. The summed E-state index contributed by atoms with van der Waals surface area (Å²) < 4.78 is 10.0. The molecule has 3 aromatic rings. The van der Waals surface area contributed by atoms with E-state index in [9.17, 15) is 9.59 Å². The second-order valence-electron chi connectivity index (χ2n) is 5.25. The van der Waals surface area contributed by atoms with Crippen LogP contribution in [0.25, 0.3) is 9.88 Å². The van der Waals surface area contributed by atoms with Crippen molar-refractivity contribution in [1.82, 2.24) is 10.1 Å². The Morgan fingerprint density at radius 3 is 2.92 bits per heavy atom. The maximum atomic E-state index is 12.0. The van der Waals surface area contributed by atoms with Crippen molar-refractivity contribution < 1.29 is 18.8 Å². The van der Waals surface area contributed by atoms with E-state index in [0.717, 1.165) is 9.88 Å². The summed E-state index contributed by atoms with van der Waals surface area (Å²) in [7, 11) is 0. The number of thiophene rings is 1.